The number of benzene rings is 1. The number of nitrogens with two attached hydrogens (primary N) is 2. The third kappa shape index (κ3) is 2.74. The van der Waals surface area contributed by atoms with Gasteiger partial charge in [-0.05, 0) is 18.4 Å². The molecule has 0 radical (unpaired) electrons. The van der Waals surface area contributed by atoms with Gasteiger partial charge in [0, 0.05) is 6.54 Å². The first-order valence-corrected chi connectivity index (χ1v) is 6.25. The first kappa shape index (κ1) is 13.5. The summed E-state index contributed by atoms with van der Waals surface area (Å²) in [5, 5.41) is 0. The molecular weight excluding hydrogens is 244 g/mol. The van der Waals surface area contributed by atoms with Gasteiger partial charge in [0.1, 0.15) is 6.04 Å². The van der Waals surface area contributed by atoms with E-state index in [0.29, 0.717) is 13.0 Å². The molecule has 102 valence electrons. The van der Waals surface area contributed by atoms with Gasteiger partial charge in [0.25, 0.3) is 5.91 Å². The molecule has 1 saturated heterocycles. The maximum Gasteiger partial charge on any atom is 0.255 e. The molecule has 2 unspecified atom stereocenters. The number of hydrogen-bond acceptors (Lipinski definition) is 4. The fraction of sp³-hybridized carbons (Fsp3) is 0.385. The summed E-state index contributed by atoms with van der Waals surface area (Å²) in [6.07, 6.45) is 1.52. The van der Waals surface area contributed by atoms with Crippen LogP contribution in [0.5, 0.6) is 0 Å². The van der Waals surface area contributed by atoms with E-state index in [9.17, 15) is 9.59 Å². The van der Waals surface area contributed by atoms with Crippen LogP contribution in [0, 0.1) is 0 Å². The second-order valence-corrected chi connectivity index (χ2v) is 4.62. The fourth-order valence-electron chi connectivity index (χ4n) is 2.61. The maximum atomic E-state index is 12.0. The van der Waals surface area contributed by atoms with Gasteiger partial charge in [0.15, 0.2) is 0 Å². The Kier molecular flexibility index (Phi) is 4.13. The summed E-state index contributed by atoms with van der Waals surface area (Å²) in [5.74, 6) is 4.52. The average Bonchev–Trinajstić information content (AvgIpc) is 2.89. The molecule has 0 saturated carbocycles. The first-order valence-electron chi connectivity index (χ1n) is 6.25. The van der Waals surface area contributed by atoms with Crippen molar-refractivity contribution in [3.8, 4) is 0 Å². The molecule has 1 aliphatic heterocycles. The van der Waals surface area contributed by atoms with Crippen LogP contribution >= 0.6 is 0 Å². The molecule has 0 aromatic heterocycles. The maximum absolute atomic E-state index is 12.0. The Balaban J connectivity index is 2.33. The lowest BCUT2D eigenvalue weighted by Crippen LogP contribution is -2.48. The van der Waals surface area contributed by atoms with Crippen molar-refractivity contribution >= 4 is 11.8 Å². The Morgan fingerprint density at radius 2 is 2.00 bits per heavy atom. The number of hydrogen-bond donors (Lipinski definition) is 3. The number of nitrogens with one attached hydrogen (secondary N) is 1. The van der Waals surface area contributed by atoms with E-state index in [2.05, 4.69) is 5.43 Å². The summed E-state index contributed by atoms with van der Waals surface area (Å²) in [6.45, 7) is 0.653. The molecule has 1 aromatic carbocycles. The van der Waals surface area contributed by atoms with E-state index in [-0.39, 0.29) is 5.91 Å². The number of rotatable bonds is 4. The molecule has 6 nitrogen and oxygen atoms in total. The lowest BCUT2D eigenvalue weighted by molar-refractivity contribution is -0.130. The summed E-state index contributed by atoms with van der Waals surface area (Å²) >= 11 is 0. The minimum absolute atomic E-state index is 0.334. The highest BCUT2D eigenvalue weighted by Gasteiger charge is 2.38. The van der Waals surface area contributed by atoms with Crippen LogP contribution in [0.4, 0.5) is 0 Å². The summed E-state index contributed by atoms with van der Waals surface area (Å²) in [5.41, 5.74) is 8.37. The SMILES string of the molecule is NNC(=O)C(c1ccccc1)N1CCCC1C(N)=O. The summed E-state index contributed by atoms with van der Waals surface area (Å²) in [7, 11) is 0. The van der Waals surface area contributed by atoms with Crippen molar-refractivity contribution < 1.29 is 9.59 Å². The van der Waals surface area contributed by atoms with E-state index in [0.717, 1.165) is 12.0 Å². The molecule has 0 bridgehead atoms. The Labute approximate surface area is 111 Å². The van der Waals surface area contributed by atoms with Gasteiger partial charge in [-0.2, -0.15) is 0 Å². The molecule has 1 fully saturated rings. The first-order chi connectivity index (χ1) is 9.15. The van der Waals surface area contributed by atoms with Gasteiger partial charge < -0.3 is 5.73 Å². The highest BCUT2D eigenvalue weighted by Crippen LogP contribution is 2.29. The van der Waals surface area contributed by atoms with E-state index in [1.54, 1.807) is 0 Å². The van der Waals surface area contributed by atoms with Gasteiger partial charge in [-0.25, -0.2) is 5.84 Å². The second kappa shape index (κ2) is 5.81. The molecule has 6 heteroatoms. The Bertz CT molecular complexity index is 463. The van der Waals surface area contributed by atoms with Crippen LogP contribution in [0.15, 0.2) is 30.3 Å². The van der Waals surface area contributed by atoms with Crippen molar-refractivity contribution in [2.24, 2.45) is 11.6 Å². The van der Waals surface area contributed by atoms with E-state index >= 15 is 0 Å². The molecule has 1 aromatic rings. The van der Waals surface area contributed by atoms with Gasteiger partial charge >= 0.3 is 0 Å². The minimum Gasteiger partial charge on any atom is -0.368 e. The van der Waals surface area contributed by atoms with Gasteiger partial charge in [-0.3, -0.25) is 19.9 Å². The summed E-state index contributed by atoms with van der Waals surface area (Å²) < 4.78 is 0. The van der Waals surface area contributed by atoms with E-state index in [1.165, 1.54) is 0 Å². The fourth-order valence-corrected chi connectivity index (χ4v) is 2.61. The third-order valence-corrected chi connectivity index (χ3v) is 3.46. The number of carbonyl (C=O) groups is 2. The summed E-state index contributed by atoms with van der Waals surface area (Å²) in [6, 6.07) is 8.26. The lowest BCUT2D eigenvalue weighted by atomic mass is 10.0. The van der Waals surface area contributed by atoms with Crippen molar-refractivity contribution in [3.05, 3.63) is 35.9 Å². The number of primary amides is 1. The predicted molar refractivity (Wildman–Crippen MR) is 70.4 cm³/mol. The smallest absolute Gasteiger partial charge is 0.255 e. The highest BCUT2D eigenvalue weighted by atomic mass is 16.2. The number of nitrogens with zero attached hydrogens (tertiary/aromatic N) is 1. The molecule has 1 heterocycles. The number of amides is 2. The lowest BCUT2D eigenvalue weighted by Gasteiger charge is -2.30. The largest absolute Gasteiger partial charge is 0.368 e. The predicted octanol–water partition coefficient (Wildman–Crippen LogP) is -0.333. The molecule has 5 N–H and O–H groups in total. The topological polar surface area (TPSA) is 101 Å². The van der Waals surface area contributed by atoms with Crippen LogP contribution in [0.3, 0.4) is 0 Å². The minimum atomic E-state index is -0.578. The highest BCUT2D eigenvalue weighted by molar-refractivity contribution is 5.85. The molecule has 19 heavy (non-hydrogen) atoms. The van der Waals surface area contributed by atoms with Crippen molar-refractivity contribution in [1.82, 2.24) is 10.3 Å². The Hall–Kier alpha value is -1.92. The molecular formula is C13H18N4O2. The van der Waals surface area contributed by atoms with Crippen molar-refractivity contribution in [2.75, 3.05) is 6.54 Å². The van der Waals surface area contributed by atoms with Crippen LogP contribution in [0.25, 0.3) is 0 Å². The van der Waals surface area contributed by atoms with Crippen molar-refractivity contribution in [2.45, 2.75) is 24.9 Å². The van der Waals surface area contributed by atoms with Crippen LogP contribution in [-0.2, 0) is 9.59 Å². The molecule has 2 atom stereocenters. The molecule has 2 amide bonds. The second-order valence-electron chi connectivity index (χ2n) is 4.62. The quantitative estimate of drug-likeness (QED) is 0.393. The standard InChI is InChI=1S/C13H18N4O2/c14-12(18)10-7-4-8-17(10)11(13(19)16-15)9-5-2-1-3-6-9/h1-3,5-6,10-11H,4,7-8,15H2,(H2,14,18)(H,16,19). The third-order valence-electron chi connectivity index (χ3n) is 3.46. The molecule has 0 spiro atoms. The van der Waals surface area contributed by atoms with E-state index in [4.69, 9.17) is 11.6 Å². The Morgan fingerprint density at radius 3 is 2.58 bits per heavy atom. The van der Waals surface area contributed by atoms with Crippen LogP contribution < -0.4 is 17.0 Å². The normalized spacial score (nSPS) is 21.0. The summed E-state index contributed by atoms with van der Waals surface area (Å²) in [4.78, 5) is 25.3. The number of hydrazine groups is 1. The molecule has 2 rings (SSSR count). The average molecular weight is 262 g/mol. The zero-order valence-corrected chi connectivity index (χ0v) is 10.6. The van der Waals surface area contributed by atoms with Crippen LogP contribution in [0.1, 0.15) is 24.4 Å². The zero-order valence-electron chi connectivity index (χ0n) is 10.6. The molecule has 0 aliphatic carbocycles. The zero-order chi connectivity index (χ0) is 13.8. The van der Waals surface area contributed by atoms with Crippen LogP contribution in [0.2, 0.25) is 0 Å². The number of likely N-dealkylation sites (tertiary alicyclic amines) is 1. The number of carbonyl (C=O) groups excluding carboxylic acids is 2. The monoisotopic (exact) mass is 262 g/mol. The van der Waals surface area contributed by atoms with Gasteiger partial charge in [0.05, 0.1) is 6.04 Å². The van der Waals surface area contributed by atoms with Gasteiger partial charge in [0.2, 0.25) is 5.91 Å². The van der Waals surface area contributed by atoms with Crippen LogP contribution in [-0.4, -0.2) is 29.3 Å². The van der Waals surface area contributed by atoms with Gasteiger partial charge in [-0.15, -0.1) is 0 Å². The van der Waals surface area contributed by atoms with E-state index in [1.807, 2.05) is 35.2 Å². The van der Waals surface area contributed by atoms with Crippen molar-refractivity contribution in [1.29, 1.82) is 0 Å². The molecule has 1 aliphatic rings. The van der Waals surface area contributed by atoms with Gasteiger partial charge in [-0.1, -0.05) is 30.3 Å². The van der Waals surface area contributed by atoms with E-state index < -0.39 is 18.0 Å². The Morgan fingerprint density at radius 1 is 1.32 bits per heavy atom. The van der Waals surface area contributed by atoms with Crippen molar-refractivity contribution in [3.63, 3.8) is 0 Å².